The average molecular weight is 229 g/mol. The van der Waals surface area contributed by atoms with Gasteiger partial charge in [-0.3, -0.25) is 0 Å². The van der Waals surface area contributed by atoms with Crippen LogP contribution in [0.4, 0.5) is 0 Å². The standard InChI is InChI=1S/C11H19NO2S/c1-3-5-11(12-7-4-2)10-6-8-15(13,14)9-10/h1,10-12H,4-9H2,2H3. The normalized spacial score (nSPS) is 26.0. The zero-order valence-corrected chi connectivity index (χ0v) is 10.0. The second-order valence-corrected chi connectivity index (χ2v) is 6.36. The first-order valence-electron chi connectivity index (χ1n) is 5.46. The monoisotopic (exact) mass is 229 g/mol. The maximum Gasteiger partial charge on any atom is 0.150 e. The van der Waals surface area contributed by atoms with Crippen LogP contribution in [0.2, 0.25) is 0 Å². The molecule has 0 bridgehead atoms. The Morgan fingerprint density at radius 2 is 2.33 bits per heavy atom. The van der Waals surface area contributed by atoms with Crippen LogP contribution < -0.4 is 5.32 Å². The third-order valence-electron chi connectivity index (χ3n) is 2.83. The van der Waals surface area contributed by atoms with Crippen LogP contribution in [0.15, 0.2) is 0 Å². The van der Waals surface area contributed by atoms with Crippen molar-refractivity contribution in [3.63, 3.8) is 0 Å². The van der Waals surface area contributed by atoms with Crippen LogP contribution in [-0.4, -0.2) is 32.5 Å². The number of hydrogen-bond acceptors (Lipinski definition) is 3. The van der Waals surface area contributed by atoms with Crippen LogP contribution in [0.5, 0.6) is 0 Å². The Morgan fingerprint density at radius 1 is 1.60 bits per heavy atom. The first-order valence-corrected chi connectivity index (χ1v) is 7.28. The predicted octanol–water partition coefficient (Wildman–Crippen LogP) is 0.813. The molecule has 3 nitrogen and oxygen atoms in total. The topological polar surface area (TPSA) is 46.2 Å². The molecule has 0 spiro atoms. The molecule has 1 fully saturated rings. The molecule has 0 aliphatic carbocycles. The van der Waals surface area contributed by atoms with Crippen molar-refractivity contribution < 1.29 is 8.42 Å². The van der Waals surface area contributed by atoms with Crippen molar-refractivity contribution in [3.8, 4) is 12.3 Å². The molecule has 0 amide bonds. The molecule has 1 heterocycles. The van der Waals surface area contributed by atoms with Gasteiger partial charge in [-0.15, -0.1) is 12.3 Å². The minimum absolute atomic E-state index is 0.173. The number of terminal acetylenes is 1. The molecule has 86 valence electrons. The van der Waals surface area contributed by atoms with E-state index in [4.69, 9.17) is 6.42 Å². The van der Waals surface area contributed by atoms with Crippen LogP contribution in [0.1, 0.15) is 26.2 Å². The first-order chi connectivity index (χ1) is 7.09. The van der Waals surface area contributed by atoms with E-state index in [-0.39, 0.29) is 12.0 Å². The van der Waals surface area contributed by atoms with Gasteiger partial charge in [0.2, 0.25) is 0 Å². The molecule has 1 rings (SSSR count). The summed E-state index contributed by atoms with van der Waals surface area (Å²) in [6.45, 7) is 2.99. The summed E-state index contributed by atoms with van der Waals surface area (Å²) < 4.78 is 22.7. The van der Waals surface area contributed by atoms with E-state index in [1.54, 1.807) is 0 Å². The van der Waals surface area contributed by atoms with Gasteiger partial charge >= 0.3 is 0 Å². The maximum absolute atomic E-state index is 11.3. The van der Waals surface area contributed by atoms with E-state index in [0.717, 1.165) is 19.4 Å². The van der Waals surface area contributed by atoms with Crippen LogP contribution in [0.3, 0.4) is 0 Å². The summed E-state index contributed by atoms with van der Waals surface area (Å²) in [5.74, 6) is 3.46. The summed E-state index contributed by atoms with van der Waals surface area (Å²) >= 11 is 0. The van der Waals surface area contributed by atoms with E-state index in [0.29, 0.717) is 17.9 Å². The maximum atomic E-state index is 11.3. The van der Waals surface area contributed by atoms with Gasteiger partial charge in [0.05, 0.1) is 11.5 Å². The molecule has 2 atom stereocenters. The number of sulfone groups is 1. The van der Waals surface area contributed by atoms with Crippen LogP contribution in [0.25, 0.3) is 0 Å². The van der Waals surface area contributed by atoms with Crippen LogP contribution in [0, 0.1) is 18.3 Å². The lowest BCUT2D eigenvalue weighted by molar-refractivity contribution is 0.387. The van der Waals surface area contributed by atoms with E-state index >= 15 is 0 Å². The Labute approximate surface area is 92.6 Å². The Hall–Kier alpha value is -0.530. The van der Waals surface area contributed by atoms with Gasteiger partial charge < -0.3 is 5.32 Å². The summed E-state index contributed by atoms with van der Waals surface area (Å²) in [5, 5.41) is 3.34. The molecule has 4 heteroatoms. The summed E-state index contributed by atoms with van der Waals surface area (Å²) in [6, 6.07) is 0.173. The largest absolute Gasteiger partial charge is 0.313 e. The predicted molar refractivity (Wildman–Crippen MR) is 62.3 cm³/mol. The summed E-state index contributed by atoms with van der Waals surface area (Å²) in [7, 11) is -2.79. The summed E-state index contributed by atoms with van der Waals surface area (Å²) in [5.41, 5.74) is 0. The fourth-order valence-electron chi connectivity index (χ4n) is 2.00. The van der Waals surface area contributed by atoms with Gasteiger partial charge in [-0.05, 0) is 25.3 Å². The van der Waals surface area contributed by atoms with E-state index in [1.165, 1.54) is 0 Å². The molecule has 0 aromatic rings. The molecular weight excluding hydrogens is 210 g/mol. The van der Waals surface area contributed by atoms with Crippen molar-refractivity contribution in [1.82, 2.24) is 5.32 Å². The number of nitrogens with one attached hydrogen (secondary N) is 1. The summed E-state index contributed by atoms with van der Waals surface area (Å²) in [4.78, 5) is 0. The zero-order chi connectivity index (χ0) is 11.3. The molecule has 15 heavy (non-hydrogen) atoms. The third-order valence-corrected chi connectivity index (χ3v) is 4.62. The summed E-state index contributed by atoms with van der Waals surface area (Å²) in [6.07, 6.45) is 7.72. The Morgan fingerprint density at radius 3 is 2.80 bits per heavy atom. The van der Waals surface area contributed by atoms with E-state index in [1.807, 2.05) is 0 Å². The first kappa shape index (κ1) is 12.5. The highest BCUT2D eigenvalue weighted by atomic mass is 32.2. The van der Waals surface area contributed by atoms with Gasteiger partial charge in [0.1, 0.15) is 0 Å². The average Bonchev–Trinajstić information content (AvgIpc) is 2.53. The fourth-order valence-corrected chi connectivity index (χ4v) is 3.88. The smallest absolute Gasteiger partial charge is 0.150 e. The van der Waals surface area contributed by atoms with Gasteiger partial charge in [0, 0.05) is 12.5 Å². The Kier molecular flexibility index (Phi) is 4.62. The van der Waals surface area contributed by atoms with Crippen molar-refractivity contribution in [2.45, 2.75) is 32.2 Å². The minimum Gasteiger partial charge on any atom is -0.313 e. The molecule has 1 N–H and O–H groups in total. The van der Waals surface area contributed by atoms with Crippen molar-refractivity contribution in [3.05, 3.63) is 0 Å². The highest BCUT2D eigenvalue weighted by Gasteiger charge is 2.32. The molecule has 0 radical (unpaired) electrons. The van der Waals surface area contributed by atoms with Crippen LogP contribution >= 0.6 is 0 Å². The van der Waals surface area contributed by atoms with Gasteiger partial charge in [-0.1, -0.05) is 6.92 Å². The Bertz CT molecular complexity index is 329. The molecule has 0 aromatic carbocycles. The van der Waals surface area contributed by atoms with Gasteiger partial charge in [0.15, 0.2) is 9.84 Å². The Balaban J connectivity index is 2.54. The number of rotatable bonds is 5. The zero-order valence-electron chi connectivity index (χ0n) is 9.20. The third kappa shape index (κ3) is 3.84. The molecule has 1 saturated heterocycles. The number of hydrogen-bond donors (Lipinski definition) is 1. The molecule has 1 aliphatic rings. The van der Waals surface area contributed by atoms with E-state index < -0.39 is 9.84 Å². The fraction of sp³-hybridized carbons (Fsp3) is 0.818. The van der Waals surface area contributed by atoms with Crippen LogP contribution in [-0.2, 0) is 9.84 Å². The molecule has 0 aromatic heterocycles. The molecule has 0 saturated carbocycles. The molecule has 1 aliphatic heterocycles. The SMILES string of the molecule is C#CCC(NCCC)C1CCS(=O)(=O)C1. The molecular formula is C11H19NO2S. The molecule has 2 unspecified atom stereocenters. The second-order valence-electron chi connectivity index (χ2n) is 4.13. The second kappa shape index (κ2) is 5.53. The lowest BCUT2D eigenvalue weighted by Gasteiger charge is -2.21. The van der Waals surface area contributed by atoms with E-state index in [2.05, 4.69) is 18.2 Å². The van der Waals surface area contributed by atoms with Gasteiger partial charge in [-0.25, -0.2) is 8.42 Å². The van der Waals surface area contributed by atoms with E-state index in [9.17, 15) is 8.42 Å². The lowest BCUT2D eigenvalue weighted by Crippen LogP contribution is -2.37. The minimum atomic E-state index is -2.79. The van der Waals surface area contributed by atoms with Crippen molar-refractivity contribution in [1.29, 1.82) is 0 Å². The van der Waals surface area contributed by atoms with Crippen molar-refractivity contribution in [2.75, 3.05) is 18.1 Å². The van der Waals surface area contributed by atoms with Gasteiger partial charge in [0.25, 0.3) is 0 Å². The van der Waals surface area contributed by atoms with Crippen molar-refractivity contribution >= 4 is 9.84 Å². The quantitative estimate of drug-likeness (QED) is 0.710. The lowest BCUT2D eigenvalue weighted by atomic mass is 9.96. The van der Waals surface area contributed by atoms with Crippen molar-refractivity contribution in [2.24, 2.45) is 5.92 Å². The highest BCUT2D eigenvalue weighted by Crippen LogP contribution is 2.23. The van der Waals surface area contributed by atoms with Gasteiger partial charge in [-0.2, -0.15) is 0 Å². The highest BCUT2D eigenvalue weighted by molar-refractivity contribution is 7.91.